The molecule has 106 valence electrons. The van der Waals surface area contributed by atoms with E-state index in [9.17, 15) is 19.5 Å². The number of hydrogen-bond acceptors (Lipinski definition) is 4. The molecule has 0 saturated heterocycles. The number of aliphatic hydroxyl groups is 1. The molecular formula is C16H13NO4. The molecule has 1 atom stereocenters. The van der Waals surface area contributed by atoms with Gasteiger partial charge in [0.15, 0.2) is 6.29 Å². The van der Waals surface area contributed by atoms with E-state index in [1.54, 1.807) is 42.5 Å². The Morgan fingerprint density at radius 3 is 2.29 bits per heavy atom. The first-order chi connectivity index (χ1) is 10.1. The highest BCUT2D eigenvalue weighted by Gasteiger charge is 2.25. The molecule has 0 bridgehead atoms. The van der Waals surface area contributed by atoms with Crippen LogP contribution in [0.4, 0.5) is 5.69 Å². The molecule has 2 aromatic rings. The molecule has 2 rings (SSSR count). The Balaban J connectivity index is 2.13. The summed E-state index contributed by atoms with van der Waals surface area (Å²) in [5, 5.41) is 12.2. The van der Waals surface area contributed by atoms with Gasteiger partial charge < -0.3 is 10.4 Å². The van der Waals surface area contributed by atoms with Crippen molar-refractivity contribution in [1.82, 2.24) is 0 Å². The van der Waals surface area contributed by atoms with Crippen LogP contribution in [0.15, 0.2) is 54.6 Å². The summed E-state index contributed by atoms with van der Waals surface area (Å²) in [6.07, 6.45) is -0.956. The predicted molar refractivity (Wildman–Crippen MR) is 76.9 cm³/mol. The summed E-state index contributed by atoms with van der Waals surface area (Å²) in [6, 6.07) is 14.4. The van der Waals surface area contributed by atoms with Crippen LogP contribution < -0.4 is 5.32 Å². The number of rotatable bonds is 5. The Labute approximate surface area is 121 Å². The van der Waals surface area contributed by atoms with E-state index in [4.69, 9.17) is 0 Å². The lowest BCUT2D eigenvalue weighted by Gasteiger charge is -2.11. The highest BCUT2D eigenvalue weighted by molar-refractivity contribution is 6.42. The number of ketones is 1. The number of nitrogens with one attached hydrogen (secondary N) is 1. The molecule has 0 aliphatic carbocycles. The molecular weight excluding hydrogens is 270 g/mol. The van der Waals surface area contributed by atoms with Crippen LogP contribution in [0.2, 0.25) is 0 Å². The highest BCUT2D eigenvalue weighted by Crippen LogP contribution is 2.16. The van der Waals surface area contributed by atoms with E-state index in [-0.39, 0.29) is 11.3 Å². The molecule has 0 saturated carbocycles. The Bertz CT molecular complexity index is 667. The second kappa shape index (κ2) is 6.58. The first-order valence-corrected chi connectivity index (χ1v) is 6.26. The largest absolute Gasteiger partial charge is 0.380 e. The van der Waals surface area contributed by atoms with E-state index in [0.717, 1.165) is 0 Å². The van der Waals surface area contributed by atoms with Gasteiger partial charge in [-0.15, -0.1) is 0 Å². The van der Waals surface area contributed by atoms with Gasteiger partial charge >= 0.3 is 0 Å². The zero-order chi connectivity index (χ0) is 15.2. The smallest absolute Gasteiger partial charge is 0.294 e. The first-order valence-electron chi connectivity index (χ1n) is 6.26. The Hall–Kier alpha value is -2.79. The van der Waals surface area contributed by atoms with Gasteiger partial charge in [-0.3, -0.25) is 14.4 Å². The molecule has 5 nitrogen and oxygen atoms in total. The fourth-order valence-electron chi connectivity index (χ4n) is 1.81. The van der Waals surface area contributed by atoms with Crippen molar-refractivity contribution in [3.63, 3.8) is 0 Å². The molecule has 0 spiro atoms. The molecule has 1 unspecified atom stereocenters. The maximum Gasteiger partial charge on any atom is 0.294 e. The number of para-hydroxylation sites is 1. The standard InChI is InChI=1S/C16H13NO4/c18-10-12-8-4-5-9-13(12)17-16(21)15(20)14(19)11-6-2-1-3-7-11/h1-10,14,19H,(H,17,21). The number of aldehydes is 1. The predicted octanol–water partition coefficient (Wildman–Crippen LogP) is 1.74. The minimum Gasteiger partial charge on any atom is -0.380 e. The lowest BCUT2D eigenvalue weighted by atomic mass is 10.1. The van der Waals surface area contributed by atoms with Gasteiger partial charge in [0, 0.05) is 5.56 Å². The van der Waals surface area contributed by atoms with Crippen molar-refractivity contribution in [2.75, 3.05) is 5.32 Å². The van der Waals surface area contributed by atoms with Gasteiger partial charge in [-0.05, 0) is 17.7 Å². The number of amides is 1. The zero-order valence-corrected chi connectivity index (χ0v) is 11.0. The van der Waals surface area contributed by atoms with E-state index in [0.29, 0.717) is 11.8 Å². The first kappa shape index (κ1) is 14.6. The van der Waals surface area contributed by atoms with Crippen molar-refractivity contribution in [3.05, 3.63) is 65.7 Å². The summed E-state index contributed by atoms with van der Waals surface area (Å²) in [6.45, 7) is 0. The van der Waals surface area contributed by atoms with E-state index in [1.807, 2.05) is 0 Å². The SMILES string of the molecule is O=Cc1ccccc1NC(=O)C(=O)C(O)c1ccccc1. The van der Waals surface area contributed by atoms with Crippen LogP contribution in [-0.2, 0) is 9.59 Å². The Kier molecular flexibility index (Phi) is 4.58. The molecule has 2 N–H and O–H groups in total. The maximum absolute atomic E-state index is 11.9. The van der Waals surface area contributed by atoms with E-state index in [2.05, 4.69) is 5.32 Å². The summed E-state index contributed by atoms with van der Waals surface area (Å²) in [7, 11) is 0. The fraction of sp³-hybridized carbons (Fsp3) is 0.0625. The summed E-state index contributed by atoms with van der Waals surface area (Å²) in [5.41, 5.74) is 0.820. The third-order valence-electron chi connectivity index (χ3n) is 2.92. The van der Waals surface area contributed by atoms with Crippen molar-refractivity contribution >= 4 is 23.7 Å². The monoisotopic (exact) mass is 283 g/mol. The summed E-state index contributed by atoms with van der Waals surface area (Å²) >= 11 is 0. The van der Waals surface area contributed by atoms with Crippen molar-refractivity contribution in [2.45, 2.75) is 6.10 Å². The lowest BCUT2D eigenvalue weighted by Crippen LogP contribution is -2.28. The van der Waals surface area contributed by atoms with Gasteiger partial charge in [-0.1, -0.05) is 42.5 Å². The van der Waals surface area contributed by atoms with Gasteiger partial charge in [0.1, 0.15) is 6.10 Å². The minimum atomic E-state index is -1.53. The van der Waals surface area contributed by atoms with E-state index < -0.39 is 17.8 Å². The molecule has 0 fully saturated rings. The number of benzene rings is 2. The number of Topliss-reactive ketones (excluding diaryl/α,β-unsaturated/α-hetero) is 1. The average molecular weight is 283 g/mol. The third kappa shape index (κ3) is 3.40. The van der Waals surface area contributed by atoms with Crippen LogP contribution >= 0.6 is 0 Å². The van der Waals surface area contributed by atoms with Gasteiger partial charge in [0.2, 0.25) is 0 Å². The number of hydrogen-bond donors (Lipinski definition) is 2. The molecule has 0 aromatic heterocycles. The molecule has 0 aliphatic rings. The summed E-state index contributed by atoms with van der Waals surface area (Å²) in [5.74, 6) is -1.96. The fourth-order valence-corrected chi connectivity index (χ4v) is 1.81. The average Bonchev–Trinajstić information content (AvgIpc) is 2.54. The van der Waals surface area contributed by atoms with Crippen LogP contribution in [0.1, 0.15) is 22.0 Å². The normalized spacial score (nSPS) is 11.5. The van der Waals surface area contributed by atoms with Crippen LogP contribution in [0.5, 0.6) is 0 Å². The molecule has 5 heteroatoms. The molecule has 21 heavy (non-hydrogen) atoms. The molecule has 1 amide bonds. The van der Waals surface area contributed by atoms with Crippen LogP contribution in [0.3, 0.4) is 0 Å². The van der Waals surface area contributed by atoms with Crippen LogP contribution in [-0.4, -0.2) is 23.1 Å². The third-order valence-corrected chi connectivity index (χ3v) is 2.92. The van der Waals surface area contributed by atoms with Crippen LogP contribution in [0, 0.1) is 0 Å². The number of aliphatic hydroxyl groups excluding tert-OH is 1. The second-order valence-corrected chi connectivity index (χ2v) is 4.34. The van der Waals surface area contributed by atoms with Crippen molar-refractivity contribution < 1.29 is 19.5 Å². The summed E-state index contributed by atoms with van der Waals surface area (Å²) < 4.78 is 0. The molecule has 0 radical (unpaired) electrons. The Morgan fingerprint density at radius 2 is 1.62 bits per heavy atom. The number of anilines is 1. The molecule has 0 heterocycles. The topological polar surface area (TPSA) is 83.5 Å². The lowest BCUT2D eigenvalue weighted by molar-refractivity contribution is -0.140. The van der Waals surface area contributed by atoms with Gasteiger partial charge in [0.25, 0.3) is 11.7 Å². The van der Waals surface area contributed by atoms with E-state index >= 15 is 0 Å². The minimum absolute atomic E-state index is 0.228. The second-order valence-electron chi connectivity index (χ2n) is 4.34. The van der Waals surface area contributed by atoms with E-state index in [1.165, 1.54) is 12.1 Å². The maximum atomic E-state index is 11.9. The van der Waals surface area contributed by atoms with Crippen molar-refractivity contribution in [2.24, 2.45) is 0 Å². The van der Waals surface area contributed by atoms with Crippen molar-refractivity contribution in [1.29, 1.82) is 0 Å². The van der Waals surface area contributed by atoms with Gasteiger partial charge in [-0.25, -0.2) is 0 Å². The van der Waals surface area contributed by atoms with Crippen molar-refractivity contribution in [3.8, 4) is 0 Å². The quantitative estimate of drug-likeness (QED) is 0.646. The van der Waals surface area contributed by atoms with Gasteiger partial charge in [0.05, 0.1) is 5.69 Å². The Morgan fingerprint density at radius 1 is 1.00 bits per heavy atom. The number of carbonyl (C=O) groups excluding carboxylic acids is 3. The molecule has 2 aromatic carbocycles. The number of carbonyl (C=O) groups is 3. The zero-order valence-electron chi connectivity index (χ0n) is 11.0. The summed E-state index contributed by atoms with van der Waals surface area (Å²) in [4.78, 5) is 34.6. The molecule has 0 aliphatic heterocycles. The highest BCUT2D eigenvalue weighted by atomic mass is 16.3. The van der Waals surface area contributed by atoms with Crippen LogP contribution in [0.25, 0.3) is 0 Å². The van der Waals surface area contributed by atoms with Gasteiger partial charge in [-0.2, -0.15) is 0 Å².